The average Bonchev–Trinajstić information content (AvgIpc) is 2.85. The lowest BCUT2D eigenvalue weighted by molar-refractivity contribution is -0.121. The third-order valence-electron chi connectivity index (χ3n) is 5.12. The standard InChI is InChI=1S/C25H21N3O4/c1-32-19-7-8-20-22(13-19)28(16-23(29)27-14-17-5-3-2-4-6-17)15-21(25(20)31)24(30)18-9-11-26-12-10-18/h2-13,15H,14,16H2,1H3,(H,27,29). The van der Waals surface area contributed by atoms with Crippen LogP contribution in [0.2, 0.25) is 0 Å². The van der Waals surface area contributed by atoms with Gasteiger partial charge in [-0.3, -0.25) is 19.4 Å². The molecule has 2 aromatic carbocycles. The second-order valence-corrected chi connectivity index (χ2v) is 7.21. The molecule has 0 aliphatic heterocycles. The Balaban J connectivity index is 1.72. The number of benzene rings is 2. The Morgan fingerprint density at radius 2 is 1.78 bits per heavy atom. The van der Waals surface area contributed by atoms with Gasteiger partial charge in [-0.1, -0.05) is 30.3 Å². The number of amides is 1. The number of ketones is 1. The number of fused-ring (bicyclic) bond motifs is 1. The minimum Gasteiger partial charge on any atom is -0.497 e. The molecule has 7 nitrogen and oxygen atoms in total. The second kappa shape index (κ2) is 9.26. The predicted octanol–water partition coefficient (Wildman–Crippen LogP) is 2.95. The van der Waals surface area contributed by atoms with Gasteiger partial charge in [0.2, 0.25) is 11.3 Å². The van der Waals surface area contributed by atoms with E-state index in [-0.39, 0.29) is 18.0 Å². The minimum absolute atomic E-state index is 0.00951. The van der Waals surface area contributed by atoms with Crippen molar-refractivity contribution in [3.05, 3.63) is 106 Å². The largest absolute Gasteiger partial charge is 0.497 e. The van der Waals surface area contributed by atoms with E-state index in [9.17, 15) is 14.4 Å². The fourth-order valence-electron chi connectivity index (χ4n) is 3.46. The van der Waals surface area contributed by atoms with Crippen LogP contribution >= 0.6 is 0 Å². The molecule has 2 heterocycles. The van der Waals surface area contributed by atoms with E-state index in [2.05, 4.69) is 10.3 Å². The van der Waals surface area contributed by atoms with Crippen molar-refractivity contribution in [3.63, 3.8) is 0 Å². The Morgan fingerprint density at radius 3 is 2.50 bits per heavy atom. The van der Waals surface area contributed by atoms with Crippen LogP contribution in [0, 0.1) is 0 Å². The molecular weight excluding hydrogens is 406 g/mol. The van der Waals surface area contributed by atoms with Crippen LogP contribution < -0.4 is 15.5 Å². The van der Waals surface area contributed by atoms with E-state index in [0.29, 0.717) is 28.8 Å². The maximum absolute atomic E-state index is 13.1. The first-order valence-corrected chi connectivity index (χ1v) is 10.0. The molecule has 4 aromatic rings. The highest BCUT2D eigenvalue weighted by atomic mass is 16.5. The third kappa shape index (κ3) is 4.41. The molecule has 0 radical (unpaired) electrons. The van der Waals surface area contributed by atoms with Crippen molar-refractivity contribution < 1.29 is 14.3 Å². The molecule has 0 aliphatic carbocycles. The summed E-state index contributed by atoms with van der Waals surface area (Å²) in [6.45, 7) is 0.317. The zero-order chi connectivity index (χ0) is 22.5. The minimum atomic E-state index is -0.423. The van der Waals surface area contributed by atoms with Gasteiger partial charge in [-0.2, -0.15) is 0 Å². The number of carbonyl (C=O) groups is 2. The first kappa shape index (κ1) is 21.0. The molecule has 7 heteroatoms. The number of carbonyl (C=O) groups excluding carboxylic acids is 2. The van der Waals surface area contributed by atoms with Crippen molar-refractivity contribution in [3.8, 4) is 5.75 Å². The van der Waals surface area contributed by atoms with Crippen LogP contribution in [-0.2, 0) is 17.9 Å². The number of pyridine rings is 2. The summed E-state index contributed by atoms with van der Waals surface area (Å²) in [5, 5.41) is 3.21. The van der Waals surface area contributed by atoms with Crippen LogP contribution in [0.25, 0.3) is 10.9 Å². The van der Waals surface area contributed by atoms with Crippen LogP contribution in [-0.4, -0.2) is 28.4 Å². The number of hydrogen-bond acceptors (Lipinski definition) is 5. The van der Waals surface area contributed by atoms with Gasteiger partial charge in [0.15, 0.2) is 5.78 Å². The Kier molecular flexibility index (Phi) is 6.07. The van der Waals surface area contributed by atoms with Crippen molar-refractivity contribution in [2.24, 2.45) is 0 Å². The number of nitrogens with zero attached hydrogens (tertiary/aromatic N) is 2. The van der Waals surface area contributed by atoms with E-state index in [1.54, 1.807) is 34.9 Å². The van der Waals surface area contributed by atoms with Gasteiger partial charge in [0.25, 0.3) is 0 Å². The number of aromatic nitrogens is 2. The van der Waals surface area contributed by atoms with Gasteiger partial charge in [0, 0.05) is 42.2 Å². The van der Waals surface area contributed by atoms with Gasteiger partial charge in [-0.05, 0) is 29.8 Å². The van der Waals surface area contributed by atoms with Gasteiger partial charge in [-0.25, -0.2) is 0 Å². The monoisotopic (exact) mass is 427 g/mol. The van der Waals surface area contributed by atoms with E-state index in [4.69, 9.17) is 4.74 Å². The van der Waals surface area contributed by atoms with Crippen molar-refractivity contribution >= 4 is 22.6 Å². The molecule has 2 aromatic heterocycles. The molecule has 0 unspecified atom stereocenters. The Bertz CT molecular complexity index is 1330. The molecule has 1 amide bonds. The number of ether oxygens (including phenoxy) is 1. The van der Waals surface area contributed by atoms with Crippen molar-refractivity contribution in [2.45, 2.75) is 13.1 Å². The van der Waals surface area contributed by atoms with Crippen molar-refractivity contribution in [1.29, 1.82) is 0 Å². The molecule has 0 atom stereocenters. The van der Waals surface area contributed by atoms with Crippen molar-refractivity contribution in [1.82, 2.24) is 14.9 Å². The second-order valence-electron chi connectivity index (χ2n) is 7.21. The van der Waals surface area contributed by atoms with E-state index < -0.39 is 11.2 Å². The lowest BCUT2D eigenvalue weighted by Crippen LogP contribution is -2.29. The summed E-state index contributed by atoms with van der Waals surface area (Å²) < 4.78 is 6.89. The molecule has 0 bridgehead atoms. The lowest BCUT2D eigenvalue weighted by Gasteiger charge is -2.14. The molecule has 0 saturated heterocycles. The maximum atomic E-state index is 13.1. The average molecular weight is 427 g/mol. The van der Waals surface area contributed by atoms with E-state index >= 15 is 0 Å². The maximum Gasteiger partial charge on any atom is 0.240 e. The number of methoxy groups -OCH3 is 1. The molecule has 0 aliphatic rings. The van der Waals surface area contributed by atoms with E-state index in [0.717, 1.165) is 5.56 Å². The fraction of sp³-hybridized carbons (Fsp3) is 0.120. The fourth-order valence-corrected chi connectivity index (χ4v) is 3.46. The first-order chi connectivity index (χ1) is 15.6. The summed E-state index contributed by atoms with van der Waals surface area (Å²) in [7, 11) is 1.53. The smallest absolute Gasteiger partial charge is 0.240 e. The quantitative estimate of drug-likeness (QED) is 0.458. The number of nitrogens with one attached hydrogen (secondary N) is 1. The molecule has 160 valence electrons. The van der Waals surface area contributed by atoms with Crippen LogP contribution in [0.5, 0.6) is 5.75 Å². The Morgan fingerprint density at radius 1 is 1.03 bits per heavy atom. The zero-order valence-corrected chi connectivity index (χ0v) is 17.4. The summed E-state index contributed by atoms with van der Waals surface area (Å²) in [5.74, 6) is -0.124. The molecule has 4 rings (SSSR count). The van der Waals surface area contributed by atoms with Gasteiger partial charge in [0.05, 0.1) is 18.2 Å². The highest BCUT2D eigenvalue weighted by Crippen LogP contribution is 2.20. The molecule has 0 spiro atoms. The summed E-state index contributed by atoms with van der Waals surface area (Å²) in [6, 6.07) is 17.6. The molecule has 0 fully saturated rings. The summed E-state index contributed by atoms with van der Waals surface area (Å²) in [4.78, 5) is 42.7. The third-order valence-corrected chi connectivity index (χ3v) is 5.12. The molecule has 0 saturated carbocycles. The molecular formula is C25H21N3O4. The summed E-state index contributed by atoms with van der Waals surface area (Å²) >= 11 is 0. The SMILES string of the molecule is COc1ccc2c(=O)c(C(=O)c3ccncc3)cn(CC(=O)NCc3ccccc3)c2c1. The van der Waals surface area contributed by atoms with Gasteiger partial charge < -0.3 is 14.6 Å². The normalized spacial score (nSPS) is 10.7. The highest BCUT2D eigenvalue weighted by Gasteiger charge is 2.18. The topological polar surface area (TPSA) is 90.3 Å². The van der Waals surface area contributed by atoms with Gasteiger partial charge in [-0.15, -0.1) is 0 Å². The van der Waals surface area contributed by atoms with Crippen molar-refractivity contribution in [2.75, 3.05) is 7.11 Å². The van der Waals surface area contributed by atoms with Crippen LogP contribution in [0.4, 0.5) is 0 Å². The highest BCUT2D eigenvalue weighted by molar-refractivity contribution is 6.10. The van der Waals surface area contributed by atoms with Crippen LogP contribution in [0.1, 0.15) is 21.5 Å². The first-order valence-electron chi connectivity index (χ1n) is 10.0. The Labute approximate surface area is 184 Å². The number of rotatable bonds is 7. The Hall–Kier alpha value is -4.26. The summed E-state index contributed by atoms with van der Waals surface area (Å²) in [5.41, 5.74) is 1.43. The molecule has 32 heavy (non-hydrogen) atoms. The number of hydrogen-bond donors (Lipinski definition) is 1. The summed E-state index contributed by atoms with van der Waals surface area (Å²) in [6.07, 6.45) is 4.43. The molecule has 1 N–H and O–H groups in total. The van der Waals surface area contributed by atoms with Gasteiger partial charge >= 0.3 is 0 Å². The van der Waals surface area contributed by atoms with Crippen LogP contribution in [0.3, 0.4) is 0 Å². The van der Waals surface area contributed by atoms with E-state index in [1.165, 1.54) is 25.7 Å². The van der Waals surface area contributed by atoms with E-state index in [1.807, 2.05) is 30.3 Å². The zero-order valence-electron chi connectivity index (χ0n) is 17.4. The lowest BCUT2D eigenvalue weighted by atomic mass is 10.0. The van der Waals surface area contributed by atoms with Gasteiger partial charge in [0.1, 0.15) is 12.3 Å². The predicted molar refractivity (Wildman–Crippen MR) is 121 cm³/mol. The van der Waals surface area contributed by atoms with Crippen LogP contribution in [0.15, 0.2) is 84.0 Å².